The van der Waals surface area contributed by atoms with Crippen molar-refractivity contribution in [2.45, 2.75) is 31.8 Å². The normalized spacial score (nSPS) is 19.5. The Labute approximate surface area is 128 Å². The molecule has 2 rings (SSSR count). The zero-order valence-corrected chi connectivity index (χ0v) is 13.4. The van der Waals surface area contributed by atoms with Crippen LogP contribution in [0.15, 0.2) is 24.3 Å². The van der Waals surface area contributed by atoms with Crippen LogP contribution in [0.1, 0.15) is 31.4 Å². The van der Waals surface area contributed by atoms with Crippen molar-refractivity contribution in [2.75, 3.05) is 33.9 Å². The summed E-state index contributed by atoms with van der Waals surface area (Å²) in [6.45, 7) is 4.89. The van der Waals surface area contributed by atoms with Gasteiger partial charge in [-0.15, -0.1) is 0 Å². The Hall–Kier alpha value is -1.10. The fraction of sp³-hybridized carbons (Fsp3) is 0.647. The van der Waals surface area contributed by atoms with Gasteiger partial charge in [0.15, 0.2) is 0 Å². The van der Waals surface area contributed by atoms with Crippen LogP contribution in [0.5, 0.6) is 5.75 Å². The molecule has 1 heterocycles. The van der Waals surface area contributed by atoms with Crippen LogP contribution in [0, 0.1) is 5.92 Å². The zero-order chi connectivity index (χ0) is 15.2. The number of hydrogen-bond donors (Lipinski definition) is 1. The summed E-state index contributed by atoms with van der Waals surface area (Å²) < 4.78 is 11.0. The van der Waals surface area contributed by atoms with Gasteiger partial charge in [-0.3, -0.25) is 4.90 Å². The van der Waals surface area contributed by atoms with Gasteiger partial charge in [-0.25, -0.2) is 0 Å². The molecule has 0 bridgehead atoms. The predicted octanol–water partition coefficient (Wildman–Crippen LogP) is 2.44. The average molecular weight is 292 g/mol. The van der Waals surface area contributed by atoms with Gasteiger partial charge in [0.25, 0.3) is 0 Å². The first-order valence-corrected chi connectivity index (χ1v) is 7.80. The number of nitrogens with zero attached hydrogens (tertiary/aromatic N) is 1. The van der Waals surface area contributed by atoms with Crippen LogP contribution < -0.4 is 10.5 Å². The highest BCUT2D eigenvalue weighted by Gasteiger charge is 2.26. The van der Waals surface area contributed by atoms with Gasteiger partial charge < -0.3 is 15.2 Å². The molecular formula is C17H28N2O2. The molecule has 2 atom stereocenters. The molecule has 1 aromatic carbocycles. The number of rotatable bonds is 6. The molecule has 4 nitrogen and oxygen atoms in total. The van der Waals surface area contributed by atoms with Gasteiger partial charge in [0.1, 0.15) is 5.75 Å². The molecule has 4 heteroatoms. The molecule has 0 radical (unpaired) electrons. The van der Waals surface area contributed by atoms with E-state index in [4.69, 9.17) is 15.2 Å². The molecule has 0 saturated carbocycles. The first-order valence-electron chi connectivity index (χ1n) is 7.80. The summed E-state index contributed by atoms with van der Waals surface area (Å²) in [6, 6.07) is 8.39. The maximum atomic E-state index is 6.28. The number of likely N-dealkylation sites (N-methyl/N-ethyl adjacent to an activating group) is 1. The molecule has 1 aliphatic heterocycles. The molecule has 1 saturated heterocycles. The molecule has 2 unspecified atom stereocenters. The minimum atomic E-state index is 0.0474. The van der Waals surface area contributed by atoms with Crippen LogP contribution in [-0.4, -0.2) is 44.9 Å². The Bertz CT molecular complexity index is 431. The summed E-state index contributed by atoms with van der Waals surface area (Å²) in [5.74, 6) is 1.61. The number of methoxy groups -OCH3 is 1. The van der Waals surface area contributed by atoms with E-state index >= 15 is 0 Å². The van der Waals surface area contributed by atoms with Crippen LogP contribution in [0.4, 0.5) is 0 Å². The zero-order valence-electron chi connectivity index (χ0n) is 13.4. The topological polar surface area (TPSA) is 47.7 Å². The maximum absolute atomic E-state index is 6.28. The van der Waals surface area contributed by atoms with Crippen LogP contribution in [0.3, 0.4) is 0 Å². The lowest BCUT2D eigenvalue weighted by Gasteiger charge is -2.35. The van der Waals surface area contributed by atoms with Crippen LogP contribution in [0.25, 0.3) is 0 Å². The van der Waals surface area contributed by atoms with E-state index in [-0.39, 0.29) is 12.1 Å². The Morgan fingerprint density at radius 2 is 2.00 bits per heavy atom. The van der Waals surface area contributed by atoms with Gasteiger partial charge >= 0.3 is 0 Å². The molecule has 0 aromatic heterocycles. The van der Waals surface area contributed by atoms with Gasteiger partial charge in [-0.1, -0.05) is 18.2 Å². The molecule has 21 heavy (non-hydrogen) atoms. The second-order valence-electron chi connectivity index (χ2n) is 6.04. The number of benzene rings is 1. The van der Waals surface area contributed by atoms with E-state index in [0.29, 0.717) is 5.92 Å². The summed E-state index contributed by atoms with van der Waals surface area (Å²) >= 11 is 0. The van der Waals surface area contributed by atoms with Crippen molar-refractivity contribution in [3.05, 3.63) is 29.8 Å². The van der Waals surface area contributed by atoms with E-state index in [0.717, 1.165) is 38.3 Å². The highest BCUT2D eigenvalue weighted by Crippen LogP contribution is 2.31. The fourth-order valence-corrected chi connectivity index (χ4v) is 3.28. The van der Waals surface area contributed by atoms with Crippen LogP contribution in [-0.2, 0) is 4.74 Å². The Balaban J connectivity index is 2.13. The lowest BCUT2D eigenvalue weighted by atomic mass is 9.95. The Morgan fingerprint density at radius 3 is 2.62 bits per heavy atom. The van der Waals surface area contributed by atoms with E-state index < -0.39 is 0 Å². The Kier molecular flexibility index (Phi) is 6.03. The van der Waals surface area contributed by atoms with Gasteiger partial charge in [-0.05, 0) is 38.8 Å². The van der Waals surface area contributed by atoms with E-state index in [1.54, 1.807) is 7.11 Å². The number of para-hydroxylation sites is 1. The van der Waals surface area contributed by atoms with Crippen molar-refractivity contribution < 1.29 is 9.47 Å². The van der Waals surface area contributed by atoms with Crippen molar-refractivity contribution in [2.24, 2.45) is 11.7 Å². The summed E-state index contributed by atoms with van der Waals surface area (Å²) in [4.78, 5) is 2.37. The highest BCUT2D eigenvalue weighted by atomic mass is 16.5. The lowest BCUT2D eigenvalue weighted by Crippen LogP contribution is -2.40. The third-order valence-electron chi connectivity index (χ3n) is 4.32. The highest BCUT2D eigenvalue weighted by molar-refractivity contribution is 5.36. The molecular weight excluding hydrogens is 264 g/mol. The SMILES string of the molecule is COc1ccccc1C(C(C)N)N(C)CC1CCOCC1. The molecule has 0 aliphatic carbocycles. The minimum Gasteiger partial charge on any atom is -0.496 e. The Morgan fingerprint density at radius 1 is 1.33 bits per heavy atom. The fourth-order valence-electron chi connectivity index (χ4n) is 3.28. The predicted molar refractivity (Wildman–Crippen MR) is 85.6 cm³/mol. The van der Waals surface area contributed by atoms with Crippen molar-refractivity contribution in [3.63, 3.8) is 0 Å². The first kappa shape index (κ1) is 16.3. The third-order valence-corrected chi connectivity index (χ3v) is 4.32. The third kappa shape index (κ3) is 4.19. The molecule has 1 aromatic rings. The smallest absolute Gasteiger partial charge is 0.123 e. The van der Waals surface area contributed by atoms with Crippen molar-refractivity contribution in [1.29, 1.82) is 0 Å². The van der Waals surface area contributed by atoms with Gasteiger partial charge in [0.05, 0.1) is 13.2 Å². The number of nitrogens with two attached hydrogens (primary N) is 1. The van der Waals surface area contributed by atoms with Crippen molar-refractivity contribution in [1.82, 2.24) is 4.90 Å². The van der Waals surface area contributed by atoms with E-state index in [1.807, 2.05) is 12.1 Å². The van der Waals surface area contributed by atoms with E-state index in [1.165, 1.54) is 5.56 Å². The molecule has 1 fully saturated rings. The van der Waals surface area contributed by atoms with E-state index in [9.17, 15) is 0 Å². The maximum Gasteiger partial charge on any atom is 0.123 e. The average Bonchev–Trinajstić information content (AvgIpc) is 2.48. The second kappa shape index (κ2) is 7.78. The number of ether oxygens (including phenoxy) is 2. The molecule has 2 N–H and O–H groups in total. The summed E-state index contributed by atoms with van der Waals surface area (Å²) in [7, 11) is 3.88. The summed E-state index contributed by atoms with van der Waals surface area (Å²) in [6.07, 6.45) is 2.28. The molecule has 0 spiro atoms. The van der Waals surface area contributed by atoms with Gasteiger partial charge in [0.2, 0.25) is 0 Å². The van der Waals surface area contributed by atoms with Crippen LogP contribution >= 0.6 is 0 Å². The first-order chi connectivity index (χ1) is 10.1. The largest absolute Gasteiger partial charge is 0.496 e. The monoisotopic (exact) mass is 292 g/mol. The number of hydrogen-bond acceptors (Lipinski definition) is 4. The lowest BCUT2D eigenvalue weighted by molar-refractivity contribution is 0.0485. The van der Waals surface area contributed by atoms with Crippen molar-refractivity contribution in [3.8, 4) is 5.75 Å². The summed E-state index contributed by atoms with van der Waals surface area (Å²) in [5, 5.41) is 0. The van der Waals surface area contributed by atoms with Crippen LogP contribution in [0.2, 0.25) is 0 Å². The van der Waals surface area contributed by atoms with Crippen molar-refractivity contribution >= 4 is 0 Å². The van der Waals surface area contributed by atoms with Gasteiger partial charge in [-0.2, -0.15) is 0 Å². The second-order valence-corrected chi connectivity index (χ2v) is 6.04. The molecule has 1 aliphatic rings. The summed E-state index contributed by atoms with van der Waals surface area (Å²) in [5.41, 5.74) is 7.45. The minimum absolute atomic E-state index is 0.0474. The quantitative estimate of drug-likeness (QED) is 0.875. The standard InChI is InChI=1S/C17H28N2O2/c1-13(18)17(15-6-4-5-7-16(15)20-3)19(2)12-14-8-10-21-11-9-14/h4-7,13-14,17H,8-12,18H2,1-3H3. The molecule has 0 amide bonds. The van der Waals surface area contributed by atoms with Gasteiger partial charge in [0, 0.05) is 31.4 Å². The van der Waals surface area contributed by atoms with E-state index in [2.05, 4.69) is 31.0 Å². The molecule has 118 valence electrons.